The monoisotopic (exact) mass is 281 g/mol. The molecule has 1 atom stereocenters. The summed E-state index contributed by atoms with van der Waals surface area (Å²) in [6, 6.07) is 20.5. The lowest BCUT2D eigenvalue weighted by Gasteiger charge is -2.45. The van der Waals surface area contributed by atoms with Crippen LogP contribution in [-0.2, 0) is 4.79 Å². The summed E-state index contributed by atoms with van der Waals surface area (Å²) < 4.78 is 0. The molecule has 0 unspecified atom stereocenters. The van der Waals surface area contributed by atoms with Crippen LogP contribution in [0, 0.1) is 0 Å². The number of carbonyl (C=O) groups excluding carboxylic acids is 1. The smallest absolute Gasteiger partial charge is 0.251 e. The molecule has 1 saturated heterocycles. The first kappa shape index (κ1) is 13.8. The second kappa shape index (κ2) is 6.08. The molecular formula is C17H19N3O. The summed E-state index contributed by atoms with van der Waals surface area (Å²) in [5.41, 5.74) is 4.66. The van der Waals surface area contributed by atoms with Crippen LogP contribution in [0.5, 0.6) is 0 Å². The summed E-state index contributed by atoms with van der Waals surface area (Å²) in [7, 11) is 0. The van der Waals surface area contributed by atoms with Crippen molar-refractivity contribution in [3.8, 4) is 0 Å². The molecule has 108 valence electrons. The third-order valence-corrected chi connectivity index (χ3v) is 4.07. The summed E-state index contributed by atoms with van der Waals surface area (Å²) >= 11 is 0. The largest absolute Gasteiger partial charge is 0.293 e. The van der Waals surface area contributed by atoms with Gasteiger partial charge < -0.3 is 0 Å². The molecule has 1 heterocycles. The summed E-state index contributed by atoms with van der Waals surface area (Å²) in [6.45, 7) is 0.895. The van der Waals surface area contributed by atoms with E-state index in [9.17, 15) is 4.79 Å². The fourth-order valence-corrected chi connectivity index (χ4v) is 2.94. The average molecular weight is 281 g/mol. The van der Waals surface area contributed by atoms with Crippen molar-refractivity contribution in [1.82, 2.24) is 10.3 Å². The van der Waals surface area contributed by atoms with E-state index in [1.54, 1.807) is 0 Å². The molecule has 3 rings (SSSR count). The van der Waals surface area contributed by atoms with Gasteiger partial charge in [0.05, 0.1) is 12.1 Å². The lowest BCUT2D eigenvalue weighted by Crippen LogP contribution is -2.58. The summed E-state index contributed by atoms with van der Waals surface area (Å²) in [4.78, 5) is 14.1. The quantitative estimate of drug-likeness (QED) is 0.511. The van der Waals surface area contributed by atoms with Gasteiger partial charge in [0.1, 0.15) is 0 Å². The first-order valence-corrected chi connectivity index (χ1v) is 7.17. The van der Waals surface area contributed by atoms with Crippen LogP contribution < -0.4 is 11.3 Å². The number of nitrogens with one attached hydrogen (secondary N) is 1. The third-order valence-electron chi connectivity index (χ3n) is 4.07. The predicted octanol–water partition coefficient (Wildman–Crippen LogP) is 1.84. The summed E-state index contributed by atoms with van der Waals surface area (Å²) in [5.74, 6) is 5.18. The molecule has 0 saturated carbocycles. The Hall–Kier alpha value is -2.17. The Morgan fingerprint density at radius 1 is 1.05 bits per heavy atom. The number of likely N-dealkylation sites (tertiary alicyclic amines) is 1. The maximum Gasteiger partial charge on any atom is 0.251 e. The molecule has 2 aromatic rings. The minimum absolute atomic E-state index is 0.0865. The van der Waals surface area contributed by atoms with Crippen molar-refractivity contribution in [2.24, 2.45) is 5.84 Å². The first-order valence-electron chi connectivity index (χ1n) is 7.17. The maximum atomic E-state index is 11.9. The second-order valence-corrected chi connectivity index (χ2v) is 5.27. The molecule has 21 heavy (non-hydrogen) atoms. The number of nitrogens with zero attached hydrogens (tertiary/aromatic N) is 1. The molecule has 0 aliphatic carbocycles. The van der Waals surface area contributed by atoms with Crippen molar-refractivity contribution >= 4 is 5.91 Å². The Morgan fingerprint density at radius 2 is 1.57 bits per heavy atom. The molecule has 0 spiro atoms. The van der Waals surface area contributed by atoms with Crippen LogP contribution in [0.3, 0.4) is 0 Å². The van der Waals surface area contributed by atoms with Gasteiger partial charge in [0.15, 0.2) is 0 Å². The Bertz CT molecular complexity index is 560. The van der Waals surface area contributed by atoms with Gasteiger partial charge in [-0.25, -0.2) is 5.84 Å². The zero-order chi connectivity index (χ0) is 14.7. The van der Waals surface area contributed by atoms with Gasteiger partial charge in [-0.3, -0.25) is 15.1 Å². The highest BCUT2D eigenvalue weighted by Gasteiger charge is 2.39. The molecule has 3 N–H and O–H groups in total. The van der Waals surface area contributed by atoms with Gasteiger partial charge in [-0.2, -0.15) is 0 Å². The molecular weight excluding hydrogens is 262 g/mol. The SMILES string of the molecule is NNC(=O)[C@@H]1CCN1C(c1ccccc1)c1ccccc1. The van der Waals surface area contributed by atoms with E-state index in [2.05, 4.69) is 34.6 Å². The Labute approximate surface area is 124 Å². The Morgan fingerprint density at radius 3 is 1.95 bits per heavy atom. The third kappa shape index (κ3) is 2.68. The van der Waals surface area contributed by atoms with Crippen LogP contribution in [0.4, 0.5) is 0 Å². The van der Waals surface area contributed by atoms with E-state index in [-0.39, 0.29) is 18.0 Å². The highest BCUT2D eigenvalue weighted by atomic mass is 16.2. The highest BCUT2D eigenvalue weighted by molar-refractivity contribution is 5.82. The number of hydrogen-bond donors (Lipinski definition) is 2. The molecule has 1 aliphatic rings. The van der Waals surface area contributed by atoms with E-state index in [0.717, 1.165) is 13.0 Å². The van der Waals surface area contributed by atoms with Crippen LogP contribution in [0.15, 0.2) is 60.7 Å². The predicted molar refractivity (Wildman–Crippen MR) is 82.2 cm³/mol. The van der Waals surface area contributed by atoms with Crippen molar-refractivity contribution in [1.29, 1.82) is 0 Å². The fraction of sp³-hybridized carbons (Fsp3) is 0.235. The van der Waals surface area contributed by atoms with E-state index >= 15 is 0 Å². The minimum atomic E-state index is -0.152. The molecule has 1 aliphatic heterocycles. The highest BCUT2D eigenvalue weighted by Crippen LogP contribution is 2.35. The van der Waals surface area contributed by atoms with Crippen molar-refractivity contribution in [2.45, 2.75) is 18.5 Å². The van der Waals surface area contributed by atoms with E-state index in [4.69, 9.17) is 5.84 Å². The number of carbonyl (C=O) groups is 1. The van der Waals surface area contributed by atoms with E-state index < -0.39 is 0 Å². The van der Waals surface area contributed by atoms with Crippen molar-refractivity contribution in [3.63, 3.8) is 0 Å². The van der Waals surface area contributed by atoms with E-state index in [1.807, 2.05) is 36.4 Å². The zero-order valence-electron chi connectivity index (χ0n) is 11.8. The number of nitrogens with two attached hydrogens (primary N) is 1. The van der Waals surface area contributed by atoms with E-state index in [1.165, 1.54) is 11.1 Å². The van der Waals surface area contributed by atoms with Gasteiger partial charge in [-0.15, -0.1) is 0 Å². The molecule has 0 bridgehead atoms. The lowest BCUT2D eigenvalue weighted by atomic mass is 9.90. The lowest BCUT2D eigenvalue weighted by molar-refractivity contribution is -0.132. The van der Waals surface area contributed by atoms with Crippen LogP contribution >= 0.6 is 0 Å². The fourth-order valence-electron chi connectivity index (χ4n) is 2.94. The molecule has 4 heteroatoms. The number of amides is 1. The van der Waals surface area contributed by atoms with Gasteiger partial charge in [-0.1, -0.05) is 60.7 Å². The molecule has 1 fully saturated rings. The zero-order valence-corrected chi connectivity index (χ0v) is 11.8. The van der Waals surface area contributed by atoms with Crippen LogP contribution in [0.1, 0.15) is 23.6 Å². The van der Waals surface area contributed by atoms with Gasteiger partial charge in [0, 0.05) is 6.54 Å². The van der Waals surface area contributed by atoms with Crippen LogP contribution in [-0.4, -0.2) is 23.4 Å². The summed E-state index contributed by atoms with van der Waals surface area (Å²) in [5, 5.41) is 0. The molecule has 0 aromatic heterocycles. The molecule has 0 radical (unpaired) electrons. The average Bonchev–Trinajstić information content (AvgIpc) is 2.52. The van der Waals surface area contributed by atoms with Crippen LogP contribution in [0.25, 0.3) is 0 Å². The number of hydrazine groups is 1. The molecule has 4 nitrogen and oxygen atoms in total. The molecule has 1 amide bonds. The first-order chi connectivity index (χ1) is 10.3. The van der Waals surface area contributed by atoms with Crippen molar-refractivity contribution in [2.75, 3.05) is 6.54 Å². The van der Waals surface area contributed by atoms with Gasteiger partial charge in [0.2, 0.25) is 0 Å². The van der Waals surface area contributed by atoms with Gasteiger partial charge >= 0.3 is 0 Å². The number of benzene rings is 2. The minimum Gasteiger partial charge on any atom is -0.293 e. The van der Waals surface area contributed by atoms with Crippen molar-refractivity contribution in [3.05, 3.63) is 71.8 Å². The second-order valence-electron chi connectivity index (χ2n) is 5.27. The topological polar surface area (TPSA) is 58.4 Å². The van der Waals surface area contributed by atoms with Crippen molar-refractivity contribution < 1.29 is 4.79 Å². The van der Waals surface area contributed by atoms with E-state index in [0.29, 0.717) is 0 Å². The standard InChI is InChI=1S/C17H19N3O/c18-19-17(21)15-11-12-20(15)16(13-7-3-1-4-8-13)14-9-5-2-6-10-14/h1-10,15-16H,11-12,18H2,(H,19,21)/t15-/m0/s1. The van der Waals surface area contributed by atoms with Gasteiger partial charge in [0.25, 0.3) is 5.91 Å². The number of hydrogen-bond acceptors (Lipinski definition) is 3. The van der Waals surface area contributed by atoms with Crippen LogP contribution in [0.2, 0.25) is 0 Å². The van der Waals surface area contributed by atoms with Gasteiger partial charge in [-0.05, 0) is 17.5 Å². The number of rotatable bonds is 4. The Balaban J connectivity index is 1.96. The maximum absolute atomic E-state index is 11.9. The summed E-state index contributed by atoms with van der Waals surface area (Å²) in [6.07, 6.45) is 0.846. The normalized spacial score (nSPS) is 18.3. The molecule has 2 aromatic carbocycles. The Kier molecular flexibility index (Phi) is 3.99.